The van der Waals surface area contributed by atoms with Gasteiger partial charge in [-0.2, -0.15) is 0 Å². The Balaban J connectivity index is 3.42. The normalized spacial score (nSPS) is 12.0. The van der Waals surface area contributed by atoms with Crippen molar-refractivity contribution in [2.45, 2.75) is 39.5 Å². The van der Waals surface area contributed by atoms with E-state index in [4.69, 9.17) is 9.05 Å². The number of hydrogen-bond donors (Lipinski definition) is 0. The van der Waals surface area contributed by atoms with Crippen LogP contribution in [0.1, 0.15) is 39.5 Å². The van der Waals surface area contributed by atoms with E-state index in [9.17, 15) is 0 Å². The van der Waals surface area contributed by atoms with Crippen molar-refractivity contribution >= 4 is 36.2 Å². The number of rotatable bonds is 8. The average molecular weight is 335 g/mol. The zero-order valence-corrected chi connectivity index (χ0v) is 12.6. The molecule has 0 rings (SSSR count). The molecular formula is C8H18O2PSe2. The van der Waals surface area contributed by atoms with Crippen molar-refractivity contribution in [1.29, 1.82) is 0 Å². The third kappa shape index (κ3) is 9.69. The van der Waals surface area contributed by atoms with Gasteiger partial charge in [0.15, 0.2) is 0 Å². The van der Waals surface area contributed by atoms with E-state index in [0.29, 0.717) is 0 Å². The van der Waals surface area contributed by atoms with Gasteiger partial charge in [-0.25, -0.2) is 0 Å². The van der Waals surface area contributed by atoms with Crippen LogP contribution in [0, 0.1) is 0 Å². The van der Waals surface area contributed by atoms with Crippen molar-refractivity contribution < 1.29 is 9.05 Å². The second-order valence-electron chi connectivity index (χ2n) is 2.82. The van der Waals surface area contributed by atoms with Crippen molar-refractivity contribution in [2.75, 3.05) is 13.2 Å². The Morgan fingerprint density at radius 3 is 1.77 bits per heavy atom. The second-order valence-corrected chi connectivity index (χ2v) is 13.8. The summed E-state index contributed by atoms with van der Waals surface area (Å²) >= 11 is 5.96. The fourth-order valence-electron chi connectivity index (χ4n) is 0.679. The molecule has 2 nitrogen and oxygen atoms in total. The van der Waals surface area contributed by atoms with Gasteiger partial charge in [0.1, 0.15) is 0 Å². The van der Waals surface area contributed by atoms with E-state index < -0.39 is 5.10 Å². The van der Waals surface area contributed by atoms with Crippen molar-refractivity contribution in [3.63, 3.8) is 0 Å². The molecule has 0 N–H and O–H groups in total. The maximum atomic E-state index is 5.59. The van der Waals surface area contributed by atoms with E-state index in [-0.39, 0.29) is 0 Å². The Labute approximate surface area is 97.9 Å². The van der Waals surface area contributed by atoms with E-state index in [1.807, 2.05) is 0 Å². The molecule has 0 bridgehead atoms. The van der Waals surface area contributed by atoms with Gasteiger partial charge in [0.25, 0.3) is 0 Å². The molecule has 0 aromatic carbocycles. The predicted molar refractivity (Wildman–Crippen MR) is 60.1 cm³/mol. The fraction of sp³-hybridized carbons (Fsp3) is 1.00. The minimum atomic E-state index is -1.75. The van der Waals surface area contributed by atoms with Crippen molar-refractivity contribution in [3.8, 4) is 0 Å². The Bertz CT molecular complexity index is 111. The van der Waals surface area contributed by atoms with Gasteiger partial charge in [0.05, 0.1) is 0 Å². The van der Waals surface area contributed by atoms with E-state index in [1.54, 1.807) is 0 Å². The van der Waals surface area contributed by atoms with Gasteiger partial charge in [-0.3, -0.25) is 0 Å². The van der Waals surface area contributed by atoms with Crippen LogP contribution in [0.2, 0.25) is 0 Å². The van der Waals surface area contributed by atoms with Crippen LogP contribution in [0.15, 0.2) is 0 Å². The topological polar surface area (TPSA) is 18.5 Å². The summed E-state index contributed by atoms with van der Waals surface area (Å²) in [7, 11) is 0. The van der Waals surface area contributed by atoms with Crippen molar-refractivity contribution in [3.05, 3.63) is 0 Å². The monoisotopic (exact) mass is 337 g/mol. The van der Waals surface area contributed by atoms with Crippen LogP contribution in [0.5, 0.6) is 0 Å². The van der Waals surface area contributed by atoms with E-state index >= 15 is 0 Å². The number of hydrogen-bond acceptors (Lipinski definition) is 2. The van der Waals surface area contributed by atoms with Crippen molar-refractivity contribution in [1.82, 2.24) is 0 Å². The summed E-state index contributed by atoms with van der Waals surface area (Å²) in [6, 6.07) is 0. The van der Waals surface area contributed by atoms with Crippen LogP contribution < -0.4 is 0 Å². The molecule has 0 fully saturated rings. The zero-order valence-electron chi connectivity index (χ0n) is 8.32. The summed E-state index contributed by atoms with van der Waals surface area (Å²) in [5, 5.41) is -1.75. The molecule has 0 aliphatic carbocycles. The van der Waals surface area contributed by atoms with E-state index in [1.165, 1.54) is 0 Å². The van der Waals surface area contributed by atoms with Gasteiger partial charge in [-0.05, 0) is 0 Å². The van der Waals surface area contributed by atoms with Crippen LogP contribution in [0.25, 0.3) is 0 Å². The molecule has 0 atom stereocenters. The second kappa shape index (κ2) is 8.68. The van der Waals surface area contributed by atoms with Crippen LogP contribution >= 0.6 is 5.10 Å². The summed E-state index contributed by atoms with van der Waals surface area (Å²) in [5.41, 5.74) is 0. The molecule has 79 valence electrons. The van der Waals surface area contributed by atoms with Gasteiger partial charge in [0.2, 0.25) is 0 Å². The molecule has 0 aromatic rings. The first-order valence-electron chi connectivity index (χ1n) is 4.72. The summed E-state index contributed by atoms with van der Waals surface area (Å²) in [6.45, 7) is 5.88. The average Bonchev–Trinajstić information content (AvgIpc) is 2.05. The molecule has 0 unspecified atom stereocenters. The van der Waals surface area contributed by atoms with Crippen LogP contribution in [-0.4, -0.2) is 44.4 Å². The molecule has 0 spiro atoms. The van der Waals surface area contributed by atoms with Gasteiger partial charge in [-0.1, -0.05) is 0 Å². The molecular weight excluding hydrogens is 317 g/mol. The van der Waals surface area contributed by atoms with Gasteiger partial charge in [-0.15, -0.1) is 0 Å². The maximum absolute atomic E-state index is 5.59. The third-order valence-corrected chi connectivity index (χ3v) is 5.15. The van der Waals surface area contributed by atoms with Crippen molar-refractivity contribution in [2.24, 2.45) is 0 Å². The molecule has 0 heterocycles. The molecule has 0 aromatic heterocycles. The summed E-state index contributed by atoms with van der Waals surface area (Å²) in [6.07, 6.45) is 4.52. The molecule has 0 saturated heterocycles. The van der Waals surface area contributed by atoms with Gasteiger partial charge >= 0.3 is 98.0 Å². The molecule has 13 heavy (non-hydrogen) atoms. The molecule has 0 saturated carbocycles. The molecule has 0 aliphatic rings. The Hall–Kier alpha value is 1.39. The molecule has 5 heteroatoms. The minimum absolute atomic E-state index is 0.788. The SMILES string of the molecule is CCCCO[P+]([Se])([Se-])OCCCC. The Morgan fingerprint density at radius 1 is 1.08 bits per heavy atom. The van der Waals surface area contributed by atoms with Crippen LogP contribution in [-0.2, 0) is 9.05 Å². The first kappa shape index (κ1) is 14.4. The molecule has 1 radical (unpaired) electrons. The van der Waals surface area contributed by atoms with E-state index in [0.717, 1.165) is 38.9 Å². The van der Waals surface area contributed by atoms with Gasteiger partial charge < -0.3 is 0 Å². The zero-order chi connectivity index (χ0) is 10.2. The first-order chi connectivity index (χ1) is 6.12. The quantitative estimate of drug-likeness (QED) is 0.386. The summed E-state index contributed by atoms with van der Waals surface area (Å²) in [5.74, 6) is 0. The fourth-order valence-corrected chi connectivity index (χ4v) is 3.34. The summed E-state index contributed by atoms with van der Waals surface area (Å²) in [4.78, 5) is 0. The van der Waals surface area contributed by atoms with Crippen LogP contribution in [0.3, 0.4) is 0 Å². The first-order valence-corrected chi connectivity index (χ1v) is 10.8. The Morgan fingerprint density at radius 2 is 1.46 bits per heavy atom. The number of unbranched alkanes of at least 4 members (excludes halogenated alkanes) is 2. The van der Waals surface area contributed by atoms with Gasteiger partial charge in [0, 0.05) is 0 Å². The summed E-state index contributed by atoms with van der Waals surface area (Å²) < 4.78 is 11.2. The van der Waals surface area contributed by atoms with E-state index in [2.05, 4.69) is 45.0 Å². The Kier molecular flexibility index (Phi) is 9.60. The predicted octanol–water partition coefficient (Wildman–Crippen LogP) is 2.63. The van der Waals surface area contributed by atoms with Crippen LogP contribution in [0.4, 0.5) is 0 Å². The molecule has 0 aliphatic heterocycles. The third-order valence-electron chi connectivity index (χ3n) is 1.49. The standard InChI is InChI=1S/C8H18O2PSe2/c1-3-5-7-9-11(12,13)10-8-6-4-2/h3-8H2,1-2H3. The molecule has 0 amide bonds.